The summed E-state index contributed by atoms with van der Waals surface area (Å²) >= 11 is 0. The minimum atomic E-state index is 0.560. The third-order valence-corrected chi connectivity index (χ3v) is 4.27. The fourth-order valence-corrected chi connectivity index (χ4v) is 3.10. The molecule has 0 bridgehead atoms. The van der Waals surface area contributed by atoms with Crippen LogP contribution in [0.25, 0.3) is 11.0 Å². The lowest BCUT2D eigenvalue weighted by molar-refractivity contribution is 0.172. The van der Waals surface area contributed by atoms with Gasteiger partial charge in [-0.1, -0.05) is 25.1 Å². The van der Waals surface area contributed by atoms with Crippen LogP contribution in [0.5, 0.6) is 11.5 Å². The summed E-state index contributed by atoms with van der Waals surface area (Å²) in [6, 6.07) is 13.9. The minimum Gasteiger partial charge on any atom is -0.486 e. The van der Waals surface area contributed by atoms with Crippen molar-refractivity contribution in [3.05, 3.63) is 53.3 Å². The molecule has 4 rings (SSSR count). The second-order valence-electron chi connectivity index (χ2n) is 5.72. The Balaban J connectivity index is 1.86. The molecule has 0 amide bonds. The number of aromatic nitrogens is 2. The highest BCUT2D eigenvalue weighted by atomic mass is 16.6. The summed E-state index contributed by atoms with van der Waals surface area (Å²) in [5.74, 6) is 2.49. The van der Waals surface area contributed by atoms with Crippen molar-refractivity contribution >= 4 is 11.0 Å². The maximum absolute atomic E-state index is 9.33. The Hall–Kier alpha value is -3.00. The van der Waals surface area contributed by atoms with Crippen molar-refractivity contribution in [2.75, 3.05) is 13.2 Å². The van der Waals surface area contributed by atoms with E-state index in [0.717, 1.165) is 40.3 Å². The number of imidazole rings is 1. The maximum atomic E-state index is 9.33. The van der Waals surface area contributed by atoms with Crippen molar-refractivity contribution in [2.24, 2.45) is 0 Å². The number of fused-ring (bicyclic) bond motifs is 2. The molecular weight excluding hydrogens is 302 g/mol. The van der Waals surface area contributed by atoms with Crippen LogP contribution in [0, 0.1) is 11.3 Å². The van der Waals surface area contributed by atoms with Crippen LogP contribution in [0.3, 0.4) is 0 Å². The van der Waals surface area contributed by atoms with Crippen molar-refractivity contribution in [2.45, 2.75) is 19.9 Å². The largest absolute Gasteiger partial charge is 0.486 e. The van der Waals surface area contributed by atoms with E-state index in [1.165, 1.54) is 0 Å². The van der Waals surface area contributed by atoms with Gasteiger partial charge in [0.2, 0.25) is 0 Å². The summed E-state index contributed by atoms with van der Waals surface area (Å²) in [7, 11) is 0. The van der Waals surface area contributed by atoms with E-state index < -0.39 is 0 Å². The third-order valence-electron chi connectivity index (χ3n) is 4.27. The zero-order valence-corrected chi connectivity index (χ0v) is 13.5. The summed E-state index contributed by atoms with van der Waals surface area (Å²) in [6.45, 7) is 3.82. The summed E-state index contributed by atoms with van der Waals surface area (Å²) in [6.07, 6.45) is 0.815. The Morgan fingerprint density at radius 2 is 1.92 bits per heavy atom. The molecule has 0 saturated carbocycles. The molecule has 0 fully saturated rings. The Kier molecular flexibility index (Phi) is 3.58. The predicted octanol–water partition coefficient (Wildman–Crippen LogP) is 3.29. The van der Waals surface area contributed by atoms with Crippen LogP contribution >= 0.6 is 0 Å². The van der Waals surface area contributed by atoms with Gasteiger partial charge in [0.05, 0.1) is 29.2 Å². The smallest absolute Gasteiger partial charge is 0.163 e. The molecule has 0 N–H and O–H groups in total. The quantitative estimate of drug-likeness (QED) is 0.743. The van der Waals surface area contributed by atoms with Crippen molar-refractivity contribution in [1.82, 2.24) is 9.55 Å². The molecule has 1 aliphatic rings. The van der Waals surface area contributed by atoms with Gasteiger partial charge in [-0.05, 0) is 11.6 Å². The molecule has 24 heavy (non-hydrogen) atoms. The number of hydrogen-bond donors (Lipinski definition) is 0. The summed E-state index contributed by atoms with van der Waals surface area (Å²) < 4.78 is 13.5. The van der Waals surface area contributed by atoms with Gasteiger partial charge in [-0.15, -0.1) is 0 Å². The van der Waals surface area contributed by atoms with Gasteiger partial charge in [0.1, 0.15) is 19.0 Å². The fraction of sp³-hybridized carbons (Fsp3) is 0.263. The molecule has 0 aliphatic carbocycles. The Labute approximate surface area is 140 Å². The molecule has 3 aromatic rings. The Bertz CT molecular complexity index is 953. The van der Waals surface area contributed by atoms with E-state index in [1.54, 1.807) is 0 Å². The number of nitrogens with zero attached hydrogens (tertiary/aromatic N) is 3. The molecule has 0 atom stereocenters. The SMILES string of the molecule is CCc1nc2cc3c(cc2n1Cc1ccccc1C#N)OCCO3. The van der Waals surface area contributed by atoms with Crippen LogP contribution in [0.15, 0.2) is 36.4 Å². The Morgan fingerprint density at radius 3 is 2.67 bits per heavy atom. The normalized spacial score (nSPS) is 13.0. The highest BCUT2D eigenvalue weighted by Gasteiger charge is 2.18. The van der Waals surface area contributed by atoms with E-state index in [-0.39, 0.29) is 0 Å². The first-order valence-corrected chi connectivity index (χ1v) is 8.07. The standard InChI is InChI=1S/C19H17N3O2/c1-2-19-21-15-9-17-18(24-8-7-23-17)10-16(15)22(19)12-14-6-4-3-5-13(14)11-20/h3-6,9-10H,2,7-8,12H2,1H3. The van der Waals surface area contributed by atoms with Crippen LogP contribution in [-0.4, -0.2) is 22.8 Å². The first-order chi connectivity index (χ1) is 11.8. The zero-order valence-electron chi connectivity index (χ0n) is 13.5. The van der Waals surface area contributed by atoms with Gasteiger partial charge in [0.25, 0.3) is 0 Å². The number of hydrogen-bond acceptors (Lipinski definition) is 4. The second-order valence-corrected chi connectivity index (χ2v) is 5.72. The fourth-order valence-electron chi connectivity index (χ4n) is 3.10. The molecule has 2 aromatic carbocycles. The van der Waals surface area contributed by atoms with Gasteiger partial charge in [0, 0.05) is 18.6 Å². The van der Waals surface area contributed by atoms with Crippen LogP contribution in [0.1, 0.15) is 23.9 Å². The molecule has 5 nitrogen and oxygen atoms in total. The molecule has 0 radical (unpaired) electrons. The summed E-state index contributed by atoms with van der Waals surface area (Å²) in [5, 5.41) is 9.33. The van der Waals surface area contributed by atoms with Gasteiger partial charge >= 0.3 is 0 Å². The number of rotatable bonds is 3. The summed E-state index contributed by atoms with van der Waals surface area (Å²) in [5.41, 5.74) is 3.58. The van der Waals surface area contributed by atoms with E-state index in [4.69, 9.17) is 14.5 Å². The van der Waals surface area contributed by atoms with Crippen molar-refractivity contribution in [1.29, 1.82) is 5.26 Å². The van der Waals surface area contributed by atoms with Crippen molar-refractivity contribution in [3.63, 3.8) is 0 Å². The van der Waals surface area contributed by atoms with Gasteiger partial charge < -0.3 is 14.0 Å². The monoisotopic (exact) mass is 319 g/mol. The Morgan fingerprint density at radius 1 is 1.17 bits per heavy atom. The lowest BCUT2D eigenvalue weighted by atomic mass is 10.1. The molecule has 0 unspecified atom stereocenters. The van der Waals surface area contributed by atoms with Gasteiger partial charge in [0.15, 0.2) is 11.5 Å². The first kappa shape index (κ1) is 14.6. The molecule has 120 valence electrons. The molecule has 2 heterocycles. The van der Waals surface area contributed by atoms with Crippen LogP contribution in [0.2, 0.25) is 0 Å². The topological polar surface area (TPSA) is 60.1 Å². The number of nitriles is 1. The molecule has 1 aliphatic heterocycles. The van der Waals surface area contributed by atoms with Crippen molar-refractivity contribution < 1.29 is 9.47 Å². The summed E-state index contributed by atoms with van der Waals surface area (Å²) in [4.78, 5) is 4.74. The maximum Gasteiger partial charge on any atom is 0.163 e. The molecule has 0 saturated heterocycles. The zero-order chi connectivity index (χ0) is 16.5. The number of aryl methyl sites for hydroxylation is 1. The molecule has 0 spiro atoms. The van der Waals surface area contributed by atoms with E-state index in [9.17, 15) is 5.26 Å². The number of benzene rings is 2. The molecule has 1 aromatic heterocycles. The van der Waals surface area contributed by atoms with Crippen LogP contribution < -0.4 is 9.47 Å². The van der Waals surface area contributed by atoms with Crippen LogP contribution in [-0.2, 0) is 13.0 Å². The van der Waals surface area contributed by atoms with E-state index in [1.807, 2.05) is 36.4 Å². The third kappa shape index (κ3) is 2.37. The van der Waals surface area contributed by atoms with E-state index in [2.05, 4.69) is 17.6 Å². The average Bonchev–Trinajstić information content (AvgIpc) is 2.97. The first-order valence-electron chi connectivity index (χ1n) is 8.07. The highest BCUT2D eigenvalue weighted by Crippen LogP contribution is 2.35. The minimum absolute atomic E-state index is 0.560. The van der Waals surface area contributed by atoms with E-state index >= 15 is 0 Å². The van der Waals surface area contributed by atoms with Gasteiger partial charge in [-0.2, -0.15) is 5.26 Å². The molecular formula is C19H17N3O2. The highest BCUT2D eigenvalue weighted by molar-refractivity contribution is 5.81. The average molecular weight is 319 g/mol. The van der Waals surface area contributed by atoms with Crippen molar-refractivity contribution in [3.8, 4) is 17.6 Å². The number of ether oxygens (including phenoxy) is 2. The van der Waals surface area contributed by atoms with Gasteiger partial charge in [-0.25, -0.2) is 4.98 Å². The lowest BCUT2D eigenvalue weighted by Gasteiger charge is -2.18. The molecule has 5 heteroatoms. The predicted molar refractivity (Wildman–Crippen MR) is 90.4 cm³/mol. The lowest BCUT2D eigenvalue weighted by Crippen LogP contribution is -2.15. The van der Waals surface area contributed by atoms with Crippen LogP contribution in [0.4, 0.5) is 0 Å². The van der Waals surface area contributed by atoms with E-state index in [0.29, 0.717) is 25.3 Å². The second kappa shape index (κ2) is 5.89. The van der Waals surface area contributed by atoms with Gasteiger partial charge in [-0.3, -0.25) is 0 Å².